The Labute approximate surface area is 145 Å². The van der Waals surface area contributed by atoms with Crippen molar-refractivity contribution in [2.75, 3.05) is 14.2 Å². The van der Waals surface area contributed by atoms with Gasteiger partial charge in [-0.15, -0.1) is 0 Å². The fourth-order valence-electron chi connectivity index (χ4n) is 2.33. The topological polar surface area (TPSA) is 78.3 Å². The van der Waals surface area contributed by atoms with Crippen LogP contribution in [0, 0.1) is 0 Å². The zero-order valence-electron chi connectivity index (χ0n) is 14.0. The van der Waals surface area contributed by atoms with Crippen LogP contribution in [0.25, 0.3) is 5.82 Å². The number of amides is 1. The Morgan fingerprint density at radius 1 is 1.12 bits per heavy atom. The molecule has 1 N–H and O–H groups in total. The van der Waals surface area contributed by atoms with Crippen LogP contribution in [0.3, 0.4) is 0 Å². The molecule has 0 saturated carbocycles. The third-order valence-corrected chi connectivity index (χ3v) is 3.65. The molecule has 0 bridgehead atoms. The molecule has 0 radical (unpaired) electrons. The molecule has 7 heteroatoms. The van der Waals surface area contributed by atoms with Gasteiger partial charge in [-0.1, -0.05) is 0 Å². The van der Waals surface area contributed by atoms with Gasteiger partial charge in [0.1, 0.15) is 23.6 Å². The Morgan fingerprint density at radius 3 is 2.52 bits per heavy atom. The van der Waals surface area contributed by atoms with Crippen molar-refractivity contribution in [2.45, 2.75) is 6.54 Å². The fourth-order valence-corrected chi connectivity index (χ4v) is 2.33. The Morgan fingerprint density at radius 2 is 1.88 bits per heavy atom. The predicted octanol–water partition coefficient (Wildman–Crippen LogP) is 2.21. The number of carbonyl (C=O) groups excluding carboxylic acids is 1. The van der Waals surface area contributed by atoms with E-state index >= 15 is 0 Å². The Balaban J connectivity index is 1.71. The SMILES string of the molecule is COc1cc(OC)cc(C(=O)NCc2ccnc(-n3ccnc3)c2)c1. The van der Waals surface area contributed by atoms with E-state index in [2.05, 4.69) is 15.3 Å². The molecular formula is C18H18N4O3. The summed E-state index contributed by atoms with van der Waals surface area (Å²) in [7, 11) is 3.09. The first-order valence-electron chi connectivity index (χ1n) is 7.64. The second kappa shape index (κ2) is 7.48. The van der Waals surface area contributed by atoms with Crippen molar-refractivity contribution in [1.29, 1.82) is 0 Å². The van der Waals surface area contributed by atoms with Crippen LogP contribution in [0.5, 0.6) is 11.5 Å². The molecule has 7 nitrogen and oxygen atoms in total. The molecular weight excluding hydrogens is 320 g/mol. The highest BCUT2D eigenvalue weighted by atomic mass is 16.5. The molecule has 0 fully saturated rings. The van der Waals surface area contributed by atoms with E-state index in [1.807, 2.05) is 18.3 Å². The van der Waals surface area contributed by atoms with Gasteiger partial charge in [0.15, 0.2) is 0 Å². The van der Waals surface area contributed by atoms with E-state index in [-0.39, 0.29) is 5.91 Å². The van der Waals surface area contributed by atoms with Crippen molar-refractivity contribution in [3.05, 3.63) is 66.4 Å². The molecule has 1 amide bonds. The highest BCUT2D eigenvalue weighted by Crippen LogP contribution is 2.22. The average molecular weight is 338 g/mol. The number of benzene rings is 1. The van der Waals surface area contributed by atoms with E-state index in [9.17, 15) is 4.79 Å². The van der Waals surface area contributed by atoms with Crippen molar-refractivity contribution in [3.8, 4) is 17.3 Å². The number of pyridine rings is 1. The summed E-state index contributed by atoms with van der Waals surface area (Å²) in [5.41, 5.74) is 1.40. The van der Waals surface area contributed by atoms with Crippen LogP contribution in [0.1, 0.15) is 15.9 Å². The quantitative estimate of drug-likeness (QED) is 0.745. The zero-order chi connectivity index (χ0) is 17.6. The molecule has 0 saturated heterocycles. The number of ether oxygens (including phenoxy) is 2. The third kappa shape index (κ3) is 3.95. The highest BCUT2D eigenvalue weighted by molar-refractivity contribution is 5.95. The van der Waals surface area contributed by atoms with Crippen molar-refractivity contribution < 1.29 is 14.3 Å². The number of nitrogens with one attached hydrogen (secondary N) is 1. The fraction of sp³-hybridized carbons (Fsp3) is 0.167. The number of nitrogens with zero attached hydrogens (tertiary/aromatic N) is 3. The molecule has 0 aliphatic heterocycles. The standard InChI is InChI=1S/C18H18N4O3/c1-24-15-8-14(9-16(10-15)25-2)18(23)21-11-13-3-4-20-17(7-13)22-6-5-19-12-22/h3-10,12H,11H2,1-2H3,(H,21,23). The number of hydrogen-bond donors (Lipinski definition) is 1. The van der Waals surface area contributed by atoms with Gasteiger partial charge < -0.3 is 14.8 Å². The number of hydrogen-bond acceptors (Lipinski definition) is 5. The Bertz CT molecular complexity index is 840. The summed E-state index contributed by atoms with van der Waals surface area (Å²) in [5.74, 6) is 1.66. The summed E-state index contributed by atoms with van der Waals surface area (Å²) >= 11 is 0. The lowest BCUT2D eigenvalue weighted by Gasteiger charge is -2.10. The second-order valence-corrected chi connectivity index (χ2v) is 5.28. The molecule has 0 aliphatic carbocycles. The van der Waals surface area contributed by atoms with Crippen LogP contribution >= 0.6 is 0 Å². The van der Waals surface area contributed by atoms with Crippen LogP contribution in [-0.4, -0.2) is 34.7 Å². The molecule has 2 heterocycles. The molecule has 3 aromatic rings. The summed E-state index contributed by atoms with van der Waals surface area (Å²) in [4.78, 5) is 20.7. The van der Waals surface area contributed by atoms with E-state index < -0.39 is 0 Å². The van der Waals surface area contributed by atoms with Crippen LogP contribution in [0.4, 0.5) is 0 Å². The monoisotopic (exact) mass is 338 g/mol. The van der Waals surface area contributed by atoms with Gasteiger partial charge in [-0.3, -0.25) is 9.36 Å². The van der Waals surface area contributed by atoms with Gasteiger partial charge in [0, 0.05) is 36.8 Å². The van der Waals surface area contributed by atoms with Crippen molar-refractivity contribution in [1.82, 2.24) is 19.9 Å². The molecule has 3 rings (SSSR count). The van der Waals surface area contributed by atoms with Crippen molar-refractivity contribution in [2.24, 2.45) is 0 Å². The minimum absolute atomic E-state index is 0.210. The summed E-state index contributed by atoms with van der Waals surface area (Å²) in [6.07, 6.45) is 6.87. The first-order chi connectivity index (χ1) is 12.2. The summed E-state index contributed by atoms with van der Waals surface area (Å²) in [5, 5.41) is 2.89. The lowest BCUT2D eigenvalue weighted by atomic mass is 10.1. The van der Waals surface area contributed by atoms with E-state index in [0.717, 1.165) is 11.4 Å². The van der Waals surface area contributed by atoms with Gasteiger partial charge in [0.25, 0.3) is 5.91 Å². The Kier molecular flexibility index (Phi) is 4.94. The van der Waals surface area contributed by atoms with E-state index in [1.54, 1.807) is 55.7 Å². The van der Waals surface area contributed by atoms with Gasteiger partial charge in [0.2, 0.25) is 0 Å². The van der Waals surface area contributed by atoms with Gasteiger partial charge in [0.05, 0.1) is 14.2 Å². The first kappa shape index (κ1) is 16.5. The lowest BCUT2D eigenvalue weighted by Crippen LogP contribution is -2.23. The maximum Gasteiger partial charge on any atom is 0.251 e. The minimum atomic E-state index is -0.210. The maximum atomic E-state index is 12.4. The molecule has 0 unspecified atom stereocenters. The number of rotatable bonds is 6. The van der Waals surface area contributed by atoms with Gasteiger partial charge in [-0.05, 0) is 29.8 Å². The summed E-state index contributed by atoms with van der Waals surface area (Å²) in [6, 6.07) is 8.81. The number of methoxy groups -OCH3 is 2. The average Bonchev–Trinajstić information content (AvgIpc) is 3.20. The van der Waals surface area contributed by atoms with Gasteiger partial charge >= 0.3 is 0 Å². The molecule has 0 atom stereocenters. The number of imidazole rings is 1. The largest absolute Gasteiger partial charge is 0.497 e. The molecule has 128 valence electrons. The second-order valence-electron chi connectivity index (χ2n) is 5.28. The minimum Gasteiger partial charge on any atom is -0.497 e. The molecule has 1 aromatic carbocycles. The van der Waals surface area contributed by atoms with E-state index in [0.29, 0.717) is 23.6 Å². The van der Waals surface area contributed by atoms with Crippen molar-refractivity contribution in [3.63, 3.8) is 0 Å². The van der Waals surface area contributed by atoms with Gasteiger partial charge in [-0.2, -0.15) is 0 Å². The molecule has 0 spiro atoms. The van der Waals surface area contributed by atoms with Crippen LogP contribution < -0.4 is 14.8 Å². The highest BCUT2D eigenvalue weighted by Gasteiger charge is 2.10. The van der Waals surface area contributed by atoms with Crippen LogP contribution in [0.2, 0.25) is 0 Å². The van der Waals surface area contributed by atoms with Crippen molar-refractivity contribution >= 4 is 5.91 Å². The van der Waals surface area contributed by atoms with E-state index in [4.69, 9.17) is 9.47 Å². The predicted molar refractivity (Wildman–Crippen MR) is 92.1 cm³/mol. The molecule has 2 aromatic heterocycles. The van der Waals surface area contributed by atoms with E-state index in [1.165, 1.54) is 0 Å². The molecule has 25 heavy (non-hydrogen) atoms. The maximum absolute atomic E-state index is 12.4. The van der Waals surface area contributed by atoms with Gasteiger partial charge in [-0.25, -0.2) is 9.97 Å². The van der Waals surface area contributed by atoms with Crippen LogP contribution in [-0.2, 0) is 6.54 Å². The number of carbonyl (C=O) groups is 1. The first-order valence-corrected chi connectivity index (χ1v) is 7.64. The summed E-state index contributed by atoms with van der Waals surface area (Å²) in [6.45, 7) is 0.378. The lowest BCUT2D eigenvalue weighted by molar-refractivity contribution is 0.0950. The summed E-state index contributed by atoms with van der Waals surface area (Å²) < 4.78 is 12.2. The Hall–Kier alpha value is -3.35. The number of aromatic nitrogens is 3. The zero-order valence-corrected chi connectivity index (χ0v) is 14.0. The van der Waals surface area contributed by atoms with Crippen LogP contribution in [0.15, 0.2) is 55.2 Å². The molecule has 0 aliphatic rings. The smallest absolute Gasteiger partial charge is 0.251 e. The normalized spacial score (nSPS) is 10.3. The third-order valence-electron chi connectivity index (χ3n) is 3.65.